The Morgan fingerprint density at radius 3 is 2.76 bits per heavy atom. The van der Waals surface area contributed by atoms with E-state index in [0.717, 1.165) is 26.5 Å². The second-order valence-electron chi connectivity index (χ2n) is 5.24. The van der Waals surface area contributed by atoms with Gasteiger partial charge in [-0.25, -0.2) is 0 Å². The SMILES string of the molecule is Clc1ccc(NCc2nn3c(C4CCC4)nnc3s2)cc1. The van der Waals surface area contributed by atoms with E-state index in [0.29, 0.717) is 12.5 Å². The van der Waals surface area contributed by atoms with Crippen molar-refractivity contribution < 1.29 is 0 Å². The van der Waals surface area contributed by atoms with Gasteiger partial charge in [0.25, 0.3) is 0 Å². The molecular weight excluding hydrogens is 306 g/mol. The van der Waals surface area contributed by atoms with Gasteiger partial charge in [0, 0.05) is 16.6 Å². The van der Waals surface area contributed by atoms with Crippen LogP contribution in [0, 0.1) is 0 Å². The maximum atomic E-state index is 5.88. The first kappa shape index (κ1) is 13.0. The molecule has 2 aromatic heterocycles. The highest BCUT2D eigenvalue weighted by atomic mass is 35.5. The number of halogens is 1. The molecule has 1 aromatic carbocycles. The predicted molar refractivity (Wildman–Crippen MR) is 84.0 cm³/mol. The topological polar surface area (TPSA) is 55.1 Å². The van der Waals surface area contributed by atoms with Gasteiger partial charge in [0.2, 0.25) is 4.96 Å². The van der Waals surface area contributed by atoms with Crippen LogP contribution in [-0.4, -0.2) is 19.8 Å². The van der Waals surface area contributed by atoms with Gasteiger partial charge in [-0.3, -0.25) is 0 Å². The molecule has 0 atom stereocenters. The molecule has 1 saturated carbocycles. The minimum atomic E-state index is 0.541. The number of benzene rings is 1. The van der Waals surface area contributed by atoms with E-state index in [9.17, 15) is 0 Å². The van der Waals surface area contributed by atoms with Gasteiger partial charge in [0.15, 0.2) is 5.82 Å². The normalized spacial score (nSPS) is 15.3. The number of hydrogen-bond acceptors (Lipinski definition) is 5. The molecule has 1 aliphatic rings. The maximum Gasteiger partial charge on any atom is 0.234 e. The fourth-order valence-electron chi connectivity index (χ4n) is 2.41. The largest absolute Gasteiger partial charge is 0.378 e. The van der Waals surface area contributed by atoms with Crippen LogP contribution in [-0.2, 0) is 6.54 Å². The van der Waals surface area contributed by atoms with E-state index in [1.165, 1.54) is 19.3 Å². The van der Waals surface area contributed by atoms with Crippen molar-refractivity contribution in [1.82, 2.24) is 19.8 Å². The zero-order valence-corrected chi connectivity index (χ0v) is 12.9. The Labute approximate surface area is 131 Å². The van der Waals surface area contributed by atoms with E-state index in [4.69, 9.17) is 11.6 Å². The van der Waals surface area contributed by atoms with Crippen molar-refractivity contribution in [2.24, 2.45) is 0 Å². The number of nitrogens with one attached hydrogen (secondary N) is 1. The molecule has 0 saturated heterocycles. The van der Waals surface area contributed by atoms with E-state index >= 15 is 0 Å². The summed E-state index contributed by atoms with van der Waals surface area (Å²) in [6.45, 7) is 0.680. The monoisotopic (exact) mass is 319 g/mol. The molecule has 1 N–H and O–H groups in total. The van der Waals surface area contributed by atoms with Crippen molar-refractivity contribution in [1.29, 1.82) is 0 Å². The van der Waals surface area contributed by atoms with Crippen molar-refractivity contribution in [3.8, 4) is 0 Å². The van der Waals surface area contributed by atoms with Crippen LogP contribution < -0.4 is 5.32 Å². The maximum absolute atomic E-state index is 5.88. The lowest BCUT2D eigenvalue weighted by molar-refractivity contribution is 0.395. The molecule has 108 valence electrons. The molecule has 2 heterocycles. The van der Waals surface area contributed by atoms with Gasteiger partial charge in [-0.15, -0.1) is 10.2 Å². The minimum Gasteiger partial charge on any atom is -0.378 e. The molecule has 0 aliphatic heterocycles. The van der Waals surface area contributed by atoms with Crippen LogP contribution in [0.4, 0.5) is 5.69 Å². The van der Waals surface area contributed by atoms with E-state index in [1.54, 1.807) is 11.3 Å². The van der Waals surface area contributed by atoms with Gasteiger partial charge in [0.05, 0.1) is 6.54 Å². The fourth-order valence-corrected chi connectivity index (χ4v) is 3.32. The Balaban J connectivity index is 1.51. The van der Waals surface area contributed by atoms with Crippen LogP contribution in [0.1, 0.15) is 36.0 Å². The molecule has 1 aliphatic carbocycles. The smallest absolute Gasteiger partial charge is 0.234 e. The van der Waals surface area contributed by atoms with E-state index in [1.807, 2.05) is 28.8 Å². The highest BCUT2D eigenvalue weighted by molar-refractivity contribution is 7.16. The zero-order valence-electron chi connectivity index (χ0n) is 11.3. The molecule has 7 heteroatoms. The molecule has 0 unspecified atom stereocenters. The molecule has 21 heavy (non-hydrogen) atoms. The number of fused-ring (bicyclic) bond motifs is 1. The Bertz CT molecular complexity index is 759. The van der Waals surface area contributed by atoms with Gasteiger partial charge in [0.1, 0.15) is 5.01 Å². The average Bonchev–Trinajstić information content (AvgIpc) is 2.98. The Hall–Kier alpha value is -1.66. The third kappa shape index (κ3) is 2.49. The van der Waals surface area contributed by atoms with E-state index in [2.05, 4.69) is 20.6 Å². The van der Waals surface area contributed by atoms with Crippen molar-refractivity contribution in [2.75, 3.05) is 5.32 Å². The van der Waals surface area contributed by atoms with Gasteiger partial charge < -0.3 is 5.32 Å². The lowest BCUT2D eigenvalue weighted by Gasteiger charge is -2.22. The molecular formula is C14H14ClN5S. The molecule has 0 amide bonds. The van der Waals surface area contributed by atoms with Crippen LogP contribution in [0.3, 0.4) is 0 Å². The quantitative estimate of drug-likeness (QED) is 0.796. The zero-order chi connectivity index (χ0) is 14.2. The van der Waals surface area contributed by atoms with Crippen LogP contribution in [0.25, 0.3) is 4.96 Å². The number of rotatable bonds is 4. The molecule has 0 spiro atoms. The fraction of sp³-hybridized carbons (Fsp3) is 0.357. The van der Waals surface area contributed by atoms with Crippen LogP contribution in [0.5, 0.6) is 0 Å². The molecule has 0 bridgehead atoms. The van der Waals surface area contributed by atoms with Gasteiger partial charge in [-0.05, 0) is 37.1 Å². The molecule has 5 nitrogen and oxygen atoms in total. The molecule has 0 radical (unpaired) electrons. The Kier molecular flexibility index (Phi) is 3.27. The number of nitrogens with zero attached hydrogens (tertiary/aromatic N) is 4. The van der Waals surface area contributed by atoms with Crippen LogP contribution >= 0.6 is 22.9 Å². The van der Waals surface area contributed by atoms with Crippen molar-refractivity contribution in [3.63, 3.8) is 0 Å². The second-order valence-corrected chi connectivity index (χ2v) is 6.71. The third-order valence-corrected chi connectivity index (χ3v) is 4.97. The van der Waals surface area contributed by atoms with Crippen LogP contribution in [0.15, 0.2) is 24.3 Å². The Morgan fingerprint density at radius 1 is 1.24 bits per heavy atom. The summed E-state index contributed by atoms with van der Waals surface area (Å²) in [7, 11) is 0. The lowest BCUT2D eigenvalue weighted by Crippen LogP contribution is -2.13. The van der Waals surface area contributed by atoms with E-state index in [-0.39, 0.29) is 0 Å². The third-order valence-electron chi connectivity index (χ3n) is 3.82. The van der Waals surface area contributed by atoms with Crippen molar-refractivity contribution in [3.05, 3.63) is 40.1 Å². The number of hydrogen-bond donors (Lipinski definition) is 1. The second kappa shape index (κ2) is 5.27. The first-order chi connectivity index (χ1) is 10.3. The summed E-state index contributed by atoms with van der Waals surface area (Å²) in [6.07, 6.45) is 3.70. The lowest BCUT2D eigenvalue weighted by atomic mass is 9.85. The summed E-state index contributed by atoms with van der Waals surface area (Å²) in [4.78, 5) is 0.879. The highest BCUT2D eigenvalue weighted by Crippen LogP contribution is 2.35. The van der Waals surface area contributed by atoms with Gasteiger partial charge >= 0.3 is 0 Å². The average molecular weight is 320 g/mol. The standard InChI is InChI=1S/C14H14ClN5S/c15-10-4-6-11(7-5-10)16-8-12-19-20-13(9-2-1-3-9)17-18-14(20)21-12/h4-7,9,16H,1-3,8H2. The van der Waals surface area contributed by atoms with Gasteiger partial charge in [-0.2, -0.15) is 9.61 Å². The Morgan fingerprint density at radius 2 is 2.05 bits per heavy atom. The predicted octanol–water partition coefficient (Wildman–Crippen LogP) is 3.72. The highest BCUT2D eigenvalue weighted by Gasteiger charge is 2.26. The molecule has 3 aromatic rings. The summed E-state index contributed by atoms with van der Waals surface area (Å²) < 4.78 is 1.91. The first-order valence-electron chi connectivity index (χ1n) is 7.00. The summed E-state index contributed by atoms with van der Waals surface area (Å²) in [5.74, 6) is 1.56. The first-order valence-corrected chi connectivity index (χ1v) is 8.19. The van der Waals surface area contributed by atoms with Crippen molar-refractivity contribution in [2.45, 2.75) is 31.7 Å². The van der Waals surface area contributed by atoms with Gasteiger partial charge in [-0.1, -0.05) is 29.4 Å². The summed E-state index contributed by atoms with van der Waals surface area (Å²) in [6, 6.07) is 7.67. The summed E-state index contributed by atoms with van der Waals surface area (Å²) in [5, 5.41) is 18.2. The number of anilines is 1. The van der Waals surface area contributed by atoms with E-state index < -0.39 is 0 Å². The minimum absolute atomic E-state index is 0.541. The summed E-state index contributed by atoms with van der Waals surface area (Å²) >= 11 is 7.46. The summed E-state index contributed by atoms with van der Waals surface area (Å²) in [5.41, 5.74) is 1.03. The van der Waals surface area contributed by atoms with Crippen molar-refractivity contribution >= 4 is 33.6 Å². The molecule has 1 fully saturated rings. The molecule has 4 rings (SSSR count). The number of aromatic nitrogens is 4. The van der Waals surface area contributed by atoms with Crippen LogP contribution in [0.2, 0.25) is 5.02 Å².